The molecule has 4 N–H and O–H groups in total. The van der Waals surface area contributed by atoms with E-state index >= 15 is 0 Å². The molecule has 0 bridgehead atoms. The molecule has 1 atom stereocenters. The molecule has 1 aliphatic heterocycles. The van der Waals surface area contributed by atoms with Crippen molar-refractivity contribution in [1.29, 1.82) is 0 Å². The predicted octanol–water partition coefficient (Wildman–Crippen LogP) is -1.12. The molecule has 0 spiro atoms. The third kappa shape index (κ3) is 10.2. The summed E-state index contributed by atoms with van der Waals surface area (Å²) >= 11 is 0. The maximum atomic E-state index is 12.9. The highest BCUT2D eigenvalue weighted by atomic mass is 16.5. The van der Waals surface area contributed by atoms with E-state index in [4.69, 9.17) is 24.7 Å². The first-order valence-electron chi connectivity index (χ1n) is 11.9. The van der Waals surface area contributed by atoms with Crippen LogP contribution in [0.3, 0.4) is 0 Å². The van der Waals surface area contributed by atoms with Gasteiger partial charge in [0.05, 0.1) is 45.2 Å². The van der Waals surface area contributed by atoms with Crippen molar-refractivity contribution in [2.45, 2.75) is 18.9 Å². The molecular weight excluding hydrogens is 488 g/mol. The minimum atomic E-state index is -0.818. The number of nitrogens with two attached hydrogens (primary N) is 1. The van der Waals surface area contributed by atoms with Gasteiger partial charge in [0, 0.05) is 32.1 Å². The van der Waals surface area contributed by atoms with E-state index in [-0.39, 0.29) is 54.7 Å². The van der Waals surface area contributed by atoms with E-state index < -0.39 is 17.9 Å². The Balaban J connectivity index is 1.71. The Kier molecular flexibility index (Phi) is 13.2. The second-order valence-corrected chi connectivity index (χ2v) is 8.01. The van der Waals surface area contributed by atoms with Gasteiger partial charge in [-0.3, -0.25) is 29.3 Å². The Morgan fingerprint density at radius 2 is 1.78 bits per heavy atom. The molecule has 0 saturated carbocycles. The number of nitrogens with zero attached hydrogens (tertiary/aromatic N) is 1. The molecule has 0 radical (unpaired) electrons. The van der Waals surface area contributed by atoms with Crippen molar-refractivity contribution in [3.63, 3.8) is 0 Å². The van der Waals surface area contributed by atoms with Gasteiger partial charge in [0.2, 0.25) is 11.8 Å². The number of amides is 4. The van der Waals surface area contributed by atoms with Crippen LogP contribution in [0.25, 0.3) is 0 Å². The summed E-state index contributed by atoms with van der Waals surface area (Å²) in [5.41, 5.74) is 5.42. The van der Waals surface area contributed by atoms with E-state index in [2.05, 4.69) is 10.6 Å². The lowest BCUT2D eigenvalue weighted by molar-refractivity contribution is -0.136. The van der Waals surface area contributed by atoms with Gasteiger partial charge in [-0.2, -0.15) is 0 Å². The first kappa shape index (κ1) is 29.8. The van der Waals surface area contributed by atoms with Crippen LogP contribution in [0.1, 0.15) is 33.6 Å². The van der Waals surface area contributed by atoms with E-state index in [1.54, 1.807) is 0 Å². The molecule has 1 aliphatic rings. The fraction of sp³-hybridized carbons (Fsp3) is 0.542. The van der Waals surface area contributed by atoms with Crippen molar-refractivity contribution in [3.05, 3.63) is 29.3 Å². The quantitative estimate of drug-likeness (QED) is 0.129. The molecule has 2 rings (SSSR count). The van der Waals surface area contributed by atoms with Gasteiger partial charge in [0.25, 0.3) is 11.8 Å². The summed E-state index contributed by atoms with van der Waals surface area (Å²) in [6, 6.07) is 3.37. The number of rotatable bonds is 17. The molecule has 1 aromatic carbocycles. The molecule has 204 valence electrons. The molecule has 4 amide bonds. The highest BCUT2D eigenvalue weighted by Crippen LogP contribution is 2.20. The average Bonchev–Trinajstić information content (AvgIpc) is 2.89. The largest absolute Gasteiger partial charge is 0.484 e. The van der Waals surface area contributed by atoms with Gasteiger partial charge in [-0.1, -0.05) is 0 Å². The number of carbonyl (C=O) groups excluding carboxylic acids is 5. The van der Waals surface area contributed by atoms with Crippen molar-refractivity contribution in [2.24, 2.45) is 5.73 Å². The Morgan fingerprint density at radius 1 is 1.11 bits per heavy atom. The lowest BCUT2D eigenvalue weighted by Crippen LogP contribution is -2.53. The van der Waals surface area contributed by atoms with Crippen LogP contribution in [-0.4, -0.2) is 107 Å². The van der Waals surface area contributed by atoms with Crippen molar-refractivity contribution in [3.8, 4) is 5.75 Å². The lowest BCUT2D eigenvalue weighted by atomic mass is 10.0. The van der Waals surface area contributed by atoms with E-state index in [0.717, 1.165) is 0 Å². The van der Waals surface area contributed by atoms with Crippen LogP contribution in [0.2, 0.25) is 0 Å². The normalized spacial score (nSPS) is 15.1. The number of aldehydes is 1. The number of nitrogens with one attached hydrogen (secondary N) is 2. The number of likely N-dealkylation sites (N-methyl/N-ethyl adjacent to an activating group) is 1. The lowest BCUT2D eigenvalue weighted by Gasteiger charge is -2.30. The highest BCUT2D eigenvalue weighted by molar-refractivity contribution is 6.06. The summed E-state index contributed by atoms with van der Waals surface area (Å²) in [4.78, 5) is 61.1. The minimum Gasteiger partial charge on any atom is -0.484 e. The molecule has 1 saturated heterocycles. The van der Waals surface area contributed by atoms with E-state index in [0.29, 0.717) is 52.5 Å². The van der Waals surface area contributed by atoms with Gasteiger partial charge < -0.3 is 34.9 Å². The van der Waals surface area contributed by atoms with Crippen LogP contribution in [0.5, 0.6) is 5.75 Å². The minimum absolute atomic E-state index is 0.0450. The van der Waals surface area contributed by atoms with Crippen molar-refractivity contribution in [2.75, 3.05) is 66.4 Å². The van der Waals surface area contributed by atoms with Crippen LogP contribution in [0.15, 0.2) is 18.2 Å². The summed E-state index contributed by atoms with van der Waals surface area (Å²) in [5, 5.41) is 4.84. The van der Waals surface area contributed by atoms with Gasteiger partial charge in [0.15, 0.2) is 12.9 Å². The van der Waals surface area contributed by atoms with Crippen LogP contribution in [0, 0.1) is 0 Å². The zero-order valence-corrected chi connectivity index (χ0v) is 20.9. The van der Waals surface area contributed by atoms with Gasteiger partial charge >= 0.3 is 0 Å². The number of hydrogen-bond acceptors (Lipinski definition) is 10. The summed E-state index contributed by atoms with van der Waals surface area (Å²) in [6.07, 6.45) is 0.811. The molecule has 0 aromatic heterocycles. The first-order chi connectivity index (χ1) is 17.9. The summed E-state index contributed by atoms with van der Waals surface area (Å²) in [7, 11) is 1.43. The molecule has 37 heavy (non-hydrogen) atoms. The molecule has 13 nitrogen and oxygen atoms in total. The Hall–Kier alpha value is -3.39. The van der Waals surface area contributed by atoms with Crippen molar-refractivity contribution >= 4 is 29.9 Å². The van der Waals surface area contributed by atoms with Crippen LogP contribution in [-0.2, 0) is 28.6 Å². The zero-order valence-electron chi connectivity index (χ0n) is 20.9. The average molecular weight is 523 g/mol. The Bertz CT molecular complexity index is 941. The van der Waals surface area contributed by atoms with Gasteiger partial charge in [-0.05, 0) is 24.6 Å². The van der Waals surface area contributed by atoms with Crippen molar-refractivity contribution < 1.29 is 42.9 Å². The van der Waals surface area contributed by atoms with Crippen LogP contribution in [0.4, 0.5) is 0 Å². The molecule has 13 heteroatoms. The van der Waals surface area contributed by atoms with E-state index in [1.807, 2.05) is 0 Å². The molecular formula is C24H34N4O9. The van der Waals surface area contributed by atoms with Crippen molar-refractivity contribution in [1.82, 2.24) is 15.5 Å². The third-order valence-electron chi connectivity index (χ3n) is 5.32. The zero-order chi connectivity index (χ0) is 27.0. The monoisotopic (exact) mass is 522 g/mol. The first-order valence-corrected chi connectivity index (χ1v) is 11.9. The second kappa shape index (κ2) is 16.4. The number of ether oxygens (including phenoxy) is 4. The molecule has 1 aromatic rings. The number of hydrogen-bond donors (Lipinski definition) is 3. The van der Waals surface area contributed by atoms with Gasteiger partial charge in [-0.15, -0.1) is 0 Å². The number of benzene rings is 1. The smallest absolute Gasteiger partial charge is 0.258 e. The molecule has 1 fully saturated rings. The van der Waals surface area contributed by atoms with Crippen LogP contribution >= 0.6 is 0 Å². The number of piperidine rings is 1. The molecule has 1 heterocycles. The topological polar surface area (TPSA) is 176 Å². The SMILES string of the molecule is CN(C(=O)c1ccc(OCC(=O)NCCOCCOCCOCCN)cc1C=O)C1CCC(=O)NC1=O. The molecule has 1 unspecified atom stereocenters. The van der Waals surface area contributed by atoms with E-state index in [1.165, 1.54) is 30.1 Å². The highest BCUT2D eigenvalue weighted by Gasteiger charge is 2.33. The van der Waals surface area contributed by atoms with Gasteiger partial charge in [-0.25, -0.2) is 0 Å². The maximum Gasteiger partial charge on any atom is 0.258 e. The second-order valence-electron chi connectivity index (χ2n) is 8.01. The van der Waals surface area contributed by atoms with Gasteiger partial charge in [0.1, 0.15) is 11.8 Å². The Labute approximate surface area is 214 Å². The third-order valence-corrected chi connectivity index (χ3v) is 5.32. The standard InChI is InChI=1S/C24H34N4O9/c1-28(20-4-5-21(30)27-23(20)32)24(33)19-3-2-18(14-17(19)15-29)37-16-22(31)26-7-9-35-11-13-36-12-10-34-8-6-25/h2-3,14-15,20H,4-13,16,25H2,1H3,(H,26,31)(H,27,30,32). The fourth-order valence-electron chi connectivity index (χ4n) is 3.39. The van der Waals surface area contributed by atoms with E-state index in [9.17, 15) is 24.0 Å². The summed E-state index contributed by atoms with van der Waals surface area (Å²) in [6.45, 7) is 2.96. The number of imide groups is 1. The molecule has 0 aliphatic carbocycles. The summed E-state index contributed by atoms with van der Waals surface area (Å²) in [5.74, 6) is -1.66. The number of carbonyl (C=O) groups is 5. The fourth-order valence-corrected chi connectivity index (χ4v) is 3.39. The Morgan fingerprint density at radius 3 is 2.43 bits per heavy atom. The van der Waals surface area contributed by atoms with Crippen LogP contribution < -0.4 is 21.1 Å². The maximum absolute atomic E-state index is 12.9. The summed E-state index contributed by atoms with van der Waals surface area (Å²) < 4.78 is 21.3. The predicted molar refractivity (Wildman–Crippen MR) is 130 cm³/mol.